The molecule has 0 fully saturated rings. The van der Waals surface area contributed by atoms with Gasteiger partial charge in [0, 0.05) is 18.0 Å². The van der Waals surface area contributed by atoms with Gasteiger partial charge in [0.05, 0.1) is 11.6 Å². The van der Waals surface area contributed by atoms with Gasteiger partial charge in [-0.25, -0.2) is 0 Å². The lowest BCUT2D eigenvalue weighted by atomic mass is 9.93. The summed E-state index contributed by atoms with van der Waals surface area (Å²) in [5, 5.41) is 11.1. The number of hydrogen-bond acceptors (Lipinski definition) is 3. The van der Waals surface area contributed by atoms with Gasteiger partial charge in [-0.05, 0) is 36.1 Å². The Balaban J connectivity index is 1.89. The maximum Gasteiger partial charge on any atom is 0.290 e. The third-order valence-corrected chi connectivity index (χ3v) is 5.28. The molecule has 2 aromatic rings. The Kier molecular flexibility index (Phi) is 6.53. The van der Waals surface area contributed by atoms with Gasteiger partial charge in [-0.1, -0.05) is 67.4 Å². The molecule has 0 bridgehead atoms. The first-order chi connectivity index (χ1) is 13.5. The first-order valence-electron chi connectivity index (χ1n) is 9.59. The predicted octanol–water partition coefficient (Wildman–Crippen LogP) is 5.04. The molecule has 1 aliphatic heterocycles. The normalized spacial score (nSPS) is 16.7. The largest absolute Gasteiger partial charge is 0.503 e. The van der Waals surface area contributed by atoms with Crippen LogP contribution in [0, 0.1) is 0 Å². The molecule has 4 nitrogen and oxygen atoms in total. The first kappa shape index (κ1) is 20.2. The van der Waals surface area contributed by atoms with Crippen LogP contribution >= 0.6 is 11.6 Å². The van der Waals surface area contributed by atoms with Gasteiger partial charge in [-0.3, -0.25) is 9.59 Å². The van der Waals surface area contributed by atoms with Crippen molar-refractivity contribution in [1.29, 1.82) is 0 Å². The number of hydrogen-bond donors (Lipinski definition) is 1. The second-order valence-corrected chi connectivity index (χ2v) is 7.41. The lowest BCUT2D eigenvalue weighted by Gasteiger charge is -2.26. The summed E-state index contributed by atoms with van der Waals surface area (Å²) >= 11 is 6.00. The van der Waals surface area contributed by atoms with E-state index in [0.717, 1.165) is 24.0 Å². The van der Waals surface area contributed by atoms with Gasteiger partial charge in [-0.15, -0.1) is 0 Å². The molecule has 0 saturated heterocycles. The fraction of sp³-hybridized carbons (Fsp3) is 0.304. The molecule has 0 aliphatic carbocycles. The number of rotatable bonds is 8. The average molecular weight is 398 g/mol. The Bertz CT molecular complexity index is 874. The van der Waals surface area contributed by atoms with Gasteiger partial charge in [0.25, 0.3) is 5.91 Å². The molecule has 1 unspecified atom stereocenters. The Morgan fingerprint density at radius 3 is 2.43 bits per heavy atom. The molecule has 1 amide bonds. The van der Waals surface area contributed by atoms with Crippen LogP contribution in [0.4, 0.5) is 0 Å². The molecule has 1 heterocycles. The van der Waals surface area contributed by atoms with E-state index in [1.807, 2.05) is 49.4 Å². The van der Waals surface area contributed by atoms with Crippen LogP contribution in [0.2, 0.25) is 5.02 Å². The third kappa shape index (κ3) is 4.28. The highest BCUT2D eigenvalue weighted by molar-refractivity contribution is 6.30. The highest BCUT2D eigenvalue weighted by Crippen LogP contribution is 2.38. The van der Waals surface area contributed by atoms with Crippen molar-refractivity contribution in [2.45, 2.75) is 38.6 Å². The maximum absolute atomic E-state index is 13.0. The van der Waals surface area contributed by atoms with Crippen molar-refractivity contribution in [3.63, 3.8) is 0 Å². The van der Waals surface area contributed by atoms with Crippen molar-refractivity contribution in [2.75, 3.05) is 6.54 Å². The van der Waals surface area contributed by atoms with Crippen molar-refractivity contribution in [2.24, 2.45) is 0 Å². The minimum atomic E-state index is -0.570. The van der Waals surface area contributed by atoms with Crippen LogP contribution in [-0.2, 0) is 16.0 Å². The van der Waals surface area contributed by atoms with Crippen LogP contribution in [0.25, 0.3) is 0 Å². The molecule has 0 radical (unpaired) electrons. The van der Waals surface area contributed by atoms with Crippen LogP contribution in [0.1, 0.15) is 43.4 Å². The molecular formula is C23H24ClNO3. The molecule has 2 aromatic carbocycles. The molecule has 5 heteroatoms. The SMILES string of the molecule is CCCCN1C(=O)C(O)=C(C(=O)CCc2ccccc2)C1c1ccc(Cl)cc1. The minimum absolute atomic E-state index is 0.194. The van der Waals surface area contributed by atoms with Crippen LogP contribution in [0.3, 0.4) is 0 Å². The molecule has 146 valence electrons. The van der Waals surface area contributed by atoms with E-state index in [-0.39, 0.29) is 17.8 Å². The number of benzene rings is 2. The van der Waals surface area contributed by atoms with Crippen molar-refractivity contribution in [3.05, 3.63) is 82.1 Å². The van der Waals surface area contributed by atoms with Gasteiger partial charge in [0.1, 0.15) is 0 Å². The van der Waals surface area contributed by atoms with Gasteiger partial charge in [0.2, 0.25) is 0 Å². The molecular weight excluding hydrogens is 374 g/mol. The Morgan fingerprint density at radius 2 is 1.79 bits per heavy atom. The Labute approximate surface area is 170 Å². The summed E-state index contributed by atoms with van der Waals surface area (Å²) in [6.07, 6.45) is 2.51. The Morgan fingerprint density at radius 1 is 1.11 bits per heavy atom. The number of aryl methyl sites for hydroxylation is 1. The van der Waals surface area contributed by atoms with Crippen LogP contribution in [0.15, 0.2) is 65.9 Å². The first-order valence-corrected chi connectivity index (χ1v) is 9.97. The van der Waals surface area contributed by atoms with Crippen LogP contribution in [-0.4, -0.2) is 28.2 Å². The molecule has 0 saturated carbocycles. The molecule has 1 aliphatic rings. The number of nitrogens with zero attached hydrogens (tertiary/aromatic N) is 1. The number of carbonyl (C=O) groups excluding carboxylic acids is 2. The van der Waals surface area contributed by atoms with Gasteiger partial charge in [-0.2, -0.15) is 0 Å². The Hall–Kier alpha value is -2.59. The molecule has 0 aromatic heterocycles. The highest BCUT2D eigenvalue weighted by Gasteiger charge is 2.42. The number of ketones is 1. The van der Waals surface area contributed by atoms with Crippen molar-refractivity contribution < 1.29 is 14.7 Å². The average Bonchev–Trinajstić information content (AvgIpc) is 2.96. The fourth-order valence-electron chi connectivity index (χ4n) is 3.53. The zero-order valence-corrected chi connectivity index (χ0v) is 16.7. The zero-order valence-electron chi connectivity index (χ0n) is 15.9. The van der Waals surface area contributed by atoms with E-state index in [2.05, 4.69) is 0 Å². The van der Waals surface area contributed by atoms with E-state index in [1.165, 1.54) is 0 Å². The van der Waals surface area contributed by atoms with Gasteiger partial charge < -0.3 is 10.0 Å². The lowest BCUT2D eigenvalue weighted by molar-refractivity contribution is -0.129. The lowest BCUT2D eigenvalue weighted by Crippen LogP contribution is -2.32. The quantitative estimate of drug-likeness (QED) is 0.679. The van der Waals surface area contributed by atoms with Crippen LogP contribution < -0.4 is 0 Å². The third-order valence-electron chi connectivity index (χ3n) is 5.03. The number of halogens is 1. The van der Waals surface area contributed by atoms with E-state index in [9.17, 15) is 14.7 Å². The summed E-state index contributed by atoms with van der Waals surface area (Å²) < 4.78 is 0. The topological polar surface area (TPSA) is 57.6 Å². The smallest absolute Gasteiger partial charge is 0.290 e. The summed E-state index contributed by atoms with van der Waals surface area (Å²) in [6.45, 7) is 2.53. The number of unbranched alkanes of at least 4 members (excludes halogenated alkanes) is 1. The second kappa shape index (κ2) is 9.07. The van der Waals surface area contributed by atoms with Crippen molar-refractivity contribution in [1.82, 2.24) is 4.90 Å². The molecule has 1 N–H and O–H groups in total. The number of amides is 1. The van der Waals surface area contributed by atoms with Gasteiger partial charge >= 0.3 is 0 Å². The van der Waals surface area contributed by atoms with E-state index in [1.54, 1.807) is 17.0 Å². The second-order valence-electron chi connectivity index (χ2n) is 6.98. The summed E-state index contributed by atoms with van der Waals surface area (Å²) in [4.78, 5) is 27.3. The molecule has 0 spiro atoms. The summed E-state index contributed by atoms with van der Waals surface area (Å²) in [6, 6.07) is 16.2. The minimum Gasteiger partial charge on any atom is -0.503 e. The molecule has 3 rings (SSSR count). The van der Waals surface area contributed by atoms with Crippen molar-refractivity contribution >= 4 is 23.3 Å². The van der Waals surface area contributed by atoms with Crippen molar-refractivity contribution in [3.8, 4) is 0 Å². The molecule has 28 heavy (non-hydrogen) atoms. The zero-order chi connectivity index (χ0) is 20.1. The monoisotopic (exact) mass is 397 g/mol. The van der Waals surface area contributed by atoms with E-state index < -0.39 is 17.7 Å². The number of carbonyl (C=O) groups is 2. The number of aliphatic hydroxyl groups excluding tert-OH is 1. The molecule has 1 atom stereocenters. The predicted molar refractivity (Wildman–Crippen MR) is 110 cm³/mol. The summed E-state index contributed by atoms with van der Waals surface area (Å²) in [5.74, 6) is -1.10. The standard InChI is InChI=1S/C23H24ClNO3/c1-2-3-15-25-21(17-10-12-18(24)13-11-17)20(22(27)23(25)28)19(26)14-9-16-7-5-4-6-8-16/h4-8,10-13,21,27H,2-3,9,14-15H2,1H3. The number of Topliss-reactive ketones (excluding diaryl/α,β-unsaturated/α-hetero) is 1. The van der Waals surface area contributed by atoms with Crippen LogP contribution in [0.5, 0.6) is 0 Å². The van der Waals surface area contributed by atoms with Gasteiger partial charge in [0.15, 0.2) is 11.5 Å². The fourth-order valence-corrected chi connectivity index (χ4v) is 3.65. The van der Waals surface area contributed by atoms with E-state index in [4.69, 9.17) is 11.6 Å². The van der Waals surface area contributed by atoms with E-state index in [0.29, 0.717) is 18.0 Å². The highest BCUT2D eigenvalue weighted by atomic mass is 35.5. The number of aliphatic hydroxyl groups is 1. The summed E-state index contributed by atoms with van der Waals surface area (Å²) in [5.41, 5.74) is 2.02. The maximum atomic E-state index is 13.0. The van der Waals surface area contributed by atoms with E-state index >= 15 is 0 Å². The summed E-state index contributed by atoms with van der Waals surface area (Å²) in [7, 11) is 0.